The van der Waals surface area contributed by atoms with Crippen LogP contribution in [0.4, 0.5) is 0 Å². The fourth-order valence-electron chi connectivity index (χ4n) is 2.42. The third-order valence-electron chi connectivity index (χ3n) is 3.73. The van der Waals surface area contributed by atoms with Crippen molar-refractivity contribution in [3.05, 3.63) is 65.7 Å². The van der Waals surface area contributed by atoms with E-state index >= 15 is 0 Å². The molecule has 0 radical (unpaired) electrons. The molecule has 2 rings (SSSR count). The van der Waals surface area contributed by atoms with Crippen molar-refractivity contribution in [1.29, 1.82) is 0 Å². The SMILES string of the molecule is COCCN(Cc1ccccc1)C(=O)CCc1ccccc1O. The van der Waals surface area contributed by atoms with Gasteiger partial charge in [-0.05, 0) is 23.6 Å². The van der Waals surface area contributed by atoms with Gasteiger partial charge in [-0.3, -0.25) is 4.79 Å². The second kappa shape index (κ2) is 8.96. The zero-order valence-corrected chi connectivity index (χ0v) is 13.4. The van der Waals surface area contributed by atoms with Gasteiger partial charge in [0.25, 0.3) is 0 Å². The molecule has 0 spiro atoms. The normalized spacial score (nSPS) is 10.5. The first-order valence-corrected chi connectivity index (χ1v) is 7.78. The highest BCUT2D eigenvalue weighted by molar-refractivity contribution is 5.76. The van der Waals surface area contributed by atoms with Gasteiger partial charge in [-0.15, -0.1) is 0 Å². The van der Waals surface area contributed by atoms with Crippen LogP contribution in [-0.4, -0.2) is 36.2 Å². The number of carbonyl (C=O) groups excluding carboxylic acids is 1. The molecule has 0 heterocycles. The van der Waals surface area contributed by atoms with Crippen LogP contribution in [0.15, 0.2) is 54.6 Å². The molecule has 0 aliphatic carbocycles. The van der Waals surface area contributed by atoms with E-state index in [9.17, 15) is 9.90 Å². The van der Waals surface area contributed by atoms with E-state index < -0.39 is 0 Å². The number of aromatic hydroxyl groups is 1. The molecule has 122 valence electrons. The fourth-order valence-corrected chi connectivity index (χ4v) is 2.42. The van der Waals surface area contributed by atoms with Crippen LogP contribution in [0.5, 0.6) is 5.75 Å². The van der Waals surface area contributed by atoms with Crippen LogP contribution in [0.1, 0.15) is 17.5 Å². The molecule has 4 nitrogen and oxygen atoms in total. The summed E-state index contributed by atoms with van der Waals surface area (Å²) in [4.78, 5) is 14.3. The minimum absolute atomic E-state index is 0.0640. The third-order valence-corrected chi connectivity index (χ3v) is 3.73. The summed E-state index contributed by atoms with van der Waals surface area (Å²) in [6.45, 7) is 1.64. The average Bonchev–Trinajstić information content (AvgIpc) is 2.58. The Bertz CT molecular complexity index is 613. The number of para-hydroxylation sites is 1. The zero-order valence-electron chi connectivity index (χ0n) is 13.4. The maximum absolute atomic E-state index is 12.5. The van der Waals surface area contributed by atoms with Gasteiger partial charge in [0.2, 0.25) is 5.91 Å². The van der Waals surface area contributed by atoms with Gasteiger partial charge in [0, 0.05) is 26.6 Å². The highest BCUT2D eigenvalue weighted by atomic mass is 16.5. The first-order chi connectivity index (χ1) is 11.2. The fraction of sp³-hybridized carbons (Fsp3) is 0.316. The largest absolute Gasteiger partial charge is 0.508 e. The molecule has 2 aromatic carbocycles. The Balaban J connectivity index is 1.97. The van der Waals surface area contributed by atoms with Crippen LogP contribution in [0.25, 0.3) is 0 Å². The number of hydrogen-bond donors (Lipinski definition) is 1. The molecule has 0 unspecified atom stereocenters. The molecular formula is C19H23NO3. The number of benzene rings is 2. The summed E-state index contributed by atoms with van der Waals surface area (Å²) in [6, 6.07) is 17.1. The monoisotopic (exact) mass is 313 g/mol. The van der Waals surface area contributed by atoms with Crippen LogP contribution >= 0.6 is 0 Å². The van der Waals surface area contributed by atoms with Crippen molar-refractivity contribution < 1.29 is 14.6 Å². The predicted molar refractivity (Wildman–Crippen MR) is 90.2 cm³/mol. The molecule has 0 saturated carbocycles. The number of hydrogen-bond acceptors (Lipinski definition) is 3. The summed E-state index contributed by atoms with van der Waals surface area (Å²) < 4.78 is 5.11. The lowest BCUT2D eigenvalue weighted by Crippen LogP contribution is -2.33. The Labute approximate surface area is 137 Å². The molecule has 1 amide bonds. The van der Waals surface area contributed by atoms with E-state index in [-0.39, 0.29) is 11.7 Å². The van der Waals surface area contributed by atoms with E-state index in [0.717, 1.165) is 11.1 Å². The number of carbonyl (C=O) groups is 1. The molecule has 1 N–H and O–H groups in total. The summed E-state index contributed by atoms with van der Waals surface area (Å²) in [5, 5.41) is 9.79. The Morgan fingerprint density at radius 1 is 1.09 bits per heavy atom. The molecule has 2 aromatic rings. The summed E-state index contributed by atoms with van der Waals surface area (Å²) in [7, 11) is 1.63. The van der Waals surface area contributed by atoms with Gasteiger partial charge >= 0.3 is 0 Å². The average molecular weight is 313 g/mol. The minimum Gasteiger partial charge on any atom is -0.508 e. The van der Waals surface area contributed by atoms with Gasteiger partial charge < -0.3 is 14.7 Å². The van der Waals surface area contributed by atoms with Gasteiger partial charge in [-0.2, -0.15) is 0 Å². The number of ether oxygens (including phenoxy) is 1. The molecule has 0 fully saturated rings. The number of nitrogens with zero attached hydrogens (tertiary/aromatic N) is 1. The molecule has 4 heteroatoms. The molecule has 0 atom stereocenters. The lowest BCUT2D eigenvalue weighted by molar-refractivity contribution is -0.132. The quantitative estimate of drug-likeness (QED) is 0.815. The number of aryl methyl sites for hydroxylation is 1. The van der Waals surface area contributed by atoms with E-state index in [4.69, 9.17) is 4.74 Å². The van der Waals surface area contributed by atoms with Crippen molar-refractivity contribution in [2.75, 3.05) is 20.3 Å². The highest BCUT2D eigenvalue weighted by Gasteiger charge is 2.14. The smallest absolute Gasteiger partial charge is 0.223 e. The van der Waals surface area contributed by atoms with Crippen LogP contribution in [0, 0.1) is 0 Å². The second-order valence-electron chi connectivity index (χ2n) is 5.42. The summed E-state index contributed by atoms with van der Waals surface area (Å²) in [6.07, 6.45) is 0.901. The third kappa shape index (κ3) is 5.42. The van der Waals surface area contributed by atoms with Gasteiger partial charge in [0.05, 0.1) is 6.61 Å². The molecule has 0 aliphatic heterocycles. The Kier molecular flexibility index (Phi) is 6.63. The number of methoxy groups -OCH3 is 1. The van der Waals surface area contributed by atoms with Gasteiger partial charge in [0.15, 0.2) is 0 Å². The second-order valence-corrected chi connectivity index (χ2v) is 5.42. The Morgan fingerprint density at radius 2 is 1.78 bits per heavy atom. The van der Waals surface area contributed by atoms with E-state index in [0.29, 0.717) is 32.5 Å². The van der Waals surface area contributed by atoms with Crippen molar-refractivity contribution in [3.63, 3.8) is 0 Å². The van der Waals surface area contributed by atoms with Crippen LogP contribution in [-0.2, 0) is 22.5 Å². The molecule has 0 saturated heterocycles. The van der Waals surface area contributed by atoms with E-state index in [1.165, 1.54) is 0 Å². The first-order valence-electron chi connectivity index (χ1n) is 7.78. The predicted octanol–water partition coefficient (Wildman–Crippen LogP) is 3.00. The lowest BCUT2D eigenvalue weighted by atomic mass is 10.1. The van der Waals surface area contributed by atoms with Crippen LogP contribution in [0.2, 0.25) is 0 Å². The van der Waals surface area contributed by atoms with Crippen LogP contribution < -0.4 is 0 Å². The number of phenols is 1. The minimum atomic E-state index is 0.0640. The van der Waals surface area contributed by atoms with Crippen molar-refractivity contribution in [2.45, 2.75) is 19.4 Å². The summed E-state index contributed by atoms with van der Waals surface area (Å²) >= 11 is 0. The Morgan fingerprint density at radius 3 is 2.48 bits per heavy atom. The standard InChI is InChI=1S/C19H23NO3/c1-23-14-13-20(15-16-7-3-2-4-8-16)19(22)12-11-17-9-5-6-10-18(17)21/h2-10,21H,11-15H2,1H3. The molecule has 23 heavy (non-hydrogen) atoms. The van der Waals surface area contributed by atoms with Gasteiger partial charge in [-0.25, -0.2) is 0 Å². The number of phenolic OH excluding ortho intramolecular Hbond substituents is 1. The maximum atomic E-state index is 12.5. The number of amides is 1. The maximum Gasteiger partial charge on any atom is 0.223 e. The number of rotatable bonds is 8. The topological polar surface area (TPSA) is 49.8 Å². The highest BCUT2D eigenvalue weighted by Crippen LogP contribution is 2.18. The van der Waals surface area contributed by atoms with Crippen molar-refractivity contribution in [2.24, 2.45) is 0 Å². The lowest BCUT2D eigenvalue weighted by Gasteiger charge is -2.22. The zero-order chi connectivity index (χ0) is 16.5. The van der Waals surface area contributed by atoms with E-state index in [1.807, 2.05) is 42.5 Å². The molecule has 0 aliphatic rings. The summed E-state index contributed by atoms with van der Waals surface area (Å²) in [5.41, 5.74) is 1.90. The van der Waals surface area contributed by atoms with Gasteiger partial charge in [0.1, 0.15) is 5.75 Å². The van der Waals surface area contributed by atoms with Crippen LogP contribution in [0.3, 0.4) is 0 Å². The first kappa shape index (κ1) is 17.0. The summed E-state index contributed by atoms with van der Waals surface area (Å²) in [5.74, 6) is 0.306. The molecule has 0 bridgehead atoms. The van der Waals surface area contributed by atoms with Gasteiger partial charge in [-0.1, -0.05) is 48.5 Å². The Hall–Kier alpha value is -2.33. The van der Waals surface area contributed by atoms with Crippen molar-refractivity contribution in [3.8, 4) is 5.75 Å². The molecule has 0 aromatic heterocycles. The van der Waals surface area contributed by atoms with E-state index in [2.05, 4.69) is 0 Å². The van der Waals surface area contributed by atoms with Crippen molar-refractivity contribution >= 4 is 5.91 Å². The van der Waals surface area contributed by atoms with Crippen molar-refractivity contribution in [1.82, 2.24) is 4.90 Å². The molecular weight excluding hydrogens is 290 g/mol. The van der Waals surface area contributed by atoms with E-state index in [1.54, 1.807) is 24.1 Å².